The van der Waals surface area contributed by atoms with Gasteiger partial charge in [0.1, 0.15) is 11.4 Å². The summed E-state index contributed by atoms with van der Waals surface area (Å²) >= 11 is 1.40. The first-order chi connectivity index (χ1) is 7.49. The van der Waals surface area contributed by atoms with Crippen molar-refractivity contribution in [3.8, 4) is 0 Å². The molecule has 0 bridgehead atoms. The summed E-state index contributed by atoms with van der Waals surface area (Å²) in [5.74, 6) is -0.636. The van der Waals surface area contributed by atoms with E-state index in [2.05, 4.69) is 5.32 Å². The van der Waals surface area contributed by atoms with Crippen LogP contribution in [-0.4, -0.2) is 52.0 Å². The Kier molecular flexibility index (Phi) is 2.57. The lowest BCUT2D eigenvalue weighted by atomic mass is 9.90. The third-order valence-corrected chi connectivity index (χ3v) is 4.67. The smallest absolute Gasteiger partial charge is 0.312 e. The molecule has 0 aromatic heterocycles. The molecule has 2 aliphatic heterocycles. The van der Waals surface area contributed by atoms with Gasteiger partial charge in [-0.25, -0.2) is 0 Å². The van der Waals surface area contributed by atoms with E-state index in [1.54, 1.807) is 6.92 Å². The summed E-state index contributed by atoms with van der Waals surface area (Å²) in [6, 6.07) is -0.485. The first-order valence-corrected chi connectivity index (χ1v) is 5.90. The maximum absolute atomic E-state index is 11.6. The highest BCUT2D eigenvalue weighted by Gasteiger charge is 2.55. The lowest BCUT2D eigenvalue weighted by molar-refractivity contribution is -0.157. The number of thioether (sulfide) groups is 1. The molecule has 2 heterocycles. The molecule has 0 aromatic carbocycles. The summed E-state index contributed by atoms with van der Waals surface area (Å²) in [4.78, 5) is 34.4. The summed E-state index contributed by atoms with van der Waals surface area (Å²) < 4.78 is 0. The number of rotatable bonds is 3. The van der Waals surface area contributed by atoms with Crippen molar-refractivity contribution < 1.29 is 19.5 Å². The summed E-state index contributed by atoms with van der Waals surface area (Å²) in [6.45, 7) is 1.85. The molecule has 0 radical (unpaired) electrons. The van der Waals surface area contributed by atoms with E-state index in [4.69, 9.17) is 5.11 Å². The van der Waals surface area contributed by atoms with Crippen molar-refractivity contribution >= 4 is 30.0 Å². The monoisotopic (exact) mass is 244 g/mol. The Hall–Kier alpha value is -1.24. The van der Waals surface area contributed by atoms with Gasteiger partial charge in [-0.05, 0) is 6.92 Å². The van der Waals surface area contributed by atoms with Gasteiger partial charge in [-0.1, -0.05) is 0 Å². The molecule has 0 saturated carbocycles. The summed E-state index contributed by atoms with van der Waals surface area (Å²) in [5, 5.41) is 11.4. The number of hydrogen-bond donors (Lipinski definition) is 2. The predicted octanol–water partition coefficient (Wildman–Crippen LogP) is -0.893. The van der Waals surface area contributed by atoms with E-state index in [0.29, 0.717) is 12.2 Å². The van der Waals surface area contributed by atoms with Crippen LogP contribution in [0.5, 0.6) is 0 Å². The molecule has 16 heavy (non-hydrogen) atoms. The molecular weight excluding hydrogens is 232 g/mol. The van der Waals surface area contributed by atoms with Crippen molar-refractivity contribution in [3.63, 3.8) is 0 Å². The second kappa shape index (κ2) is 3.65. The Morgan fingerprint density at radius 1 is 1.75 bits per heavy atom. The number of carbonyl (C=O) groups is 3. The Bertz CT molecular complexity index is 361. The number of nitrogens with one attached hydrogen (secondary N) is 1. The Morgan fingerprint density at radius 3 is 3.00 bits per heavy atom. The van der Waals surface area contributed by atoms with Crippen LogP contribution in [0, 0.1) is 5.41 Å². The third kappa shape index (κ3) is 1.46. The normalized spacial score (nSPS) is 37.3. The largest absolute Gasteiger partial charge is 0.481 e. The van der Waals surface area contributed by atoms with E-state index < -0.39 is 17.4 Å². The van der Waals surface area contributed by atoms with Crippen molar-refractivity contribution in [2.24, 2.45) is 5.41 Å². The van der Waals surface area contributed by atoms with Crippen LogP contribution in [0.1, 0.15) is 6.92 Å². The van der Waals surface area contributed by atoms with Crippen molar-refractivity contribution in [1.82, 2.24) is 10.2 Å². The second-order valence-electron chi connectivity index (χ2n) is 4.30. The second-order valence-corrected chi connectivity index (χ2v) is 5.40. The van der Waals surface area contributed by atoms with Gasteiger partial charge >= 0.3 is 5.97 Å². The van der Waals surface area contributed by atoms with Gasteiger partial charge in [0, 0.05) is 12.3 Å². The van der Waals surface area contributed by atoms with Crippen LogP contribution in [0.25, 0.3) is 0 Å². The van der Waals surface area contributed by atoms with E-state index in [1.165, 1.54) is 16.7 Å². The number of fused-ring (bicyclic) bond motifs is 1. The Labute approximate surface area is 96.4 Å². The van der Waals surface area contributed by atoms with Crippen LogP contribution in [0.15, 0.2) is 0 Å². The fourth-order valence-corrected chi connectivity index (χ4v) is 3.42. The predicted molar refractivity (Wildman–Crippen MR) is 56.7 cm³/mol. The van der Waals surface area contributed by atoms with Crippen molar-refractivity contribution in [3.05, 3.63) is 0 Å². The minimum atomic E-state index is -0.891. The molecule has 0 aliphatic carbocycles. The van der Waals surface area contributed by atoms with Crippen molar-refractivity contribution in [1.29, 1.82) is 0 Å². The molecule has 0 aromatic rings. The molecule has 88 valence electrons. The fourth-order valence-electron chi connectivity index (χ4n) is 1.93. The van der Waals surface area contributed by atoms with Crippen LogP contribution in [0.3, 0.4) is 0 Å². The molecule has 2 aliphatic rings. The van der Waals surface area contributed by atoms with E-state index in [1.807, 2.05) is 0 Å². The molecule has 3 atom stereocenters. The highest BCUT2D eigenvalue weighted by Crippen LogP contribution is 2.41. The molecule has 2 rings (SSSR count). The lowest BCUT2D eigenvalue weighted by Gasteiger charge is -2.52. The lowest BCUT2D eigenvalue weighted by Crippen LogP contribution is -2.72. The van der Waals surface area contributed by atoms with Crippen LogP contribution in [0.4, 0.5) is 0 Å². The number of amides is 2. The molecule has 6 nitrogen and oxygen atoms in total. The van der Waals surface area contributed by atoms with Crippen LogP contribution in [0.2, 0.25) is 0 Å². The van der Waals surface area contributed by atoms with Crippen LogP contribution < -0.4 is 5.32 Å². The average Bonchev–Trinajstić information content (AvgIpc) is 2.26. The van der Waals surface area contributed by atoms with Crippen LogP contribution in [-0.2, 0) is 14.4 Å². The zero-order valence-corrected chi connectivity index (χ0v) is 9.49. The molecule has 0 spiro atoms. The first-order valence-electron chi connectivity index (χ1n) is 4.85. The van der Waals surface area contributed by atoms with Gasteiger partial charge in [0.2, 0.25) is 12.3 Å². The number of nitrogens with zero attached hydrogens (tertiary/aromatic N) is 1. The van der Waals surface area contributed by atoms with Gasteiger partial charge in [-0.3, -0.25) is 14.4 Å². The van der Waals surface area contributed by atoms with E-state index in [0.717, 1.165) is 0 Å². The Morgan fingerprint density at radius 2 is 2.44 bits per heavy atom. The quantitative estimate of drug-likeness (QED) is 0.496. The number of carboxylic acids is 1. The maximum atomic E-state index is 11.6. The van der Waals surface area contributed by atoms with Gasteiger partial charge in [-0.15, -0.1) is 11.8 Å². The molecule has 7 heteroatoms. The molecule has 2 N–H and O–H groups in total. The number of hydrogen-bond acceptors (Lipinski definition) is 4. The highest BCUT2D eigenvalue weighted by molar-refractivity contribution is 8.00. The number of carboxylic acid groups (broad SMARTS) is 1. The SMILES string of the molecule is CC1(C(=O)O)CS[C@@H]2C(NC=O)C(=O)N2C1. The van der Waals surface area contributed by atoms with Crippen molar-refractivity contribution in [2.45, 2.75) is 18.3 Å². The number of aliphatic carboxylic acids is 1. The number of β-lactam (4-membered cyclic amide) rings is 1. The highest BCUT2D eigenvalue weighted by atomic mass is 32.2. The zero-order valence-electron chi connectivity index (χ0n) is 8.67. The van der Waals surface area contributed by atoms with Crippen LogP contribution >= 0.6 is 11.8 Å². The van der Waals surface area contributed by atoms with E-state index >= 15 is 0 Å². The standard InChI is InChI=1S/C9H12N2O4S/c1-9(8(14)15)2-11-6(13)5(10-4-12)7(11)16-3-9/h4-5,7H,2-3H2,1H3,(H,10,12)(H,14,15)/t5?,7-,9?/m1/s1. The topological polar surface area (TPSA) is 86.7 Å². The first kappa shape index (κ1) is 11.3. The van der Waals surface area contributed by atoms with Crippen molar-refractivity contribution in [2.75, 3.05) is 12.3 Å². The van der Waals surface area contributed by atoms with E-state index in [-0.39, 0.29) is 17.8 Å². The third-order valence-electron chi connectivity index (χ3n) is 3.00. The van der Waals surface area contributed by atoms with Gasteiger partial charge in [-0.2, -0.15) is 0 Å². The molecular formula is C9H12N2O4S. The Balaban J connectivity index is 2.07. The summed E-state index contributed by atoms with van der Waals surface area (Å²) in [7, 11) is 0. The van der Waals surface area contributed by atoms with Gasteiger partial charge in [0.05, 0.1) is 5.41 Å². The molecule has 2 unspecified atom stereocenters. The maximum Gasteiger partial charge on any atom is 0.312 e. The fraction of sp³-hybridized carbons (Fsp3) is 0.667. The van der Waals surface area contributed by atoms with Gasteiger partial charge in [0.25, 0.3) is 0 Å². The number of carbonyl (C=O) groups excluding carboxylic acids is 2. The van der Waals surface area contributed by atoms with Gasteiger partial charge in [0.15, 0.2) is 0 Å². The molecule has 2 fully saturated rings. The van der Waals surface area contributed by atoms with E-state index in [9.17, 15) is 14.4 Å². The summed E-state index contributed by atoms with van der Waals surface area (Å²) in [5.41, 5.74) is -0.886. The minimum Gasteiger partial charge on any atom is -0.481 e. The minimum absolute atomic E-state index is 0.106. The summed E-state index contributed by atoms with van der Waals surface area (Å²) in [6.07, 6.45) is 0.505. The zero-order chi connectivity index (χ0) is 11.9. The average molecular weight is 244 g/mol. The molecule has 2 amide bonds. The molecule has 2 saturated heterocycles. The van der Waals surface area contributed by atoms with Gasteiger partial charge < -0.3 is 15.3 Å².